The number of allylic oxidation sites excluding steroid dienone is 2. The Hall–Kier alpha value is -2.00. The highest BCUT2D eigenvalue weighted by atomic mass is 35.5. The van der Waals surface area contributed by atoms with Crippen molar-refractivity contribution in [2.24, 2.45) is 17.8 Å². The Morgan fingerprint density at radius 2 is 1.45 bits per heavy atom. The summed E-state index contributed by atoms with van der Waals surface area (Å²) in [6.07, 6.45) is 1.53. The predicted octanol–water partition coefficient (Wildman–Crippen LogP) is 7.03. The molecule has 7 nitrogen and oxygen atoms in total. The molecule has 2 aliphatic heterocycles. The number of rotatable bonds is 6. The number of imide groups is 1. The number of alkyl halides is 4. The fourth-order valence-electron chi connectivity index (χ4n) is 7.02. The number of nitrogens with zero attached hydrogens (tertiary/aromatic N) is 2. The average molecular weight is 719 g/mol. The summed E-state index contributed by atoms with van der Waals surface area (Å²) in [5.41, 5.74) is 3.65. The van der Waals surface area contributed by atoms with Gasteiger partial charge in [0.15, 0.2) is 4.33 Å². The Balaban J connectivity index is 1.22. The van der Waals surface area contributed by atoms with Crippen LogP contribution in [0.25, 0.3) is 0 Å². The van der Waals surface area contributed by atoms with Gasteiger partial charge in [0.1, 0.15) is 15.5 Å². The van der Waals surface area contributed by atoms with Crippen molar-refractivity contribution in [1.29, 1.82) is 0 Å². The van der Waals surface area contributed by atoms with E-state index < -0.39 is 49.6 Å². The first-order valence-corrected chi connectivity index (χ1v) is 16.4. The first-order valence-electron chi connectivity index (χ1n) is 14.1. The molecule has 0 unspecified atom stereocenters. The fourth-order valence-corrected chi connectivity index (χ4v) is 9.95. The van der Waals surface area contributed by atoms with E-state index >= 15 is 0 Å². The minimum Gasteiger partial charge on any atom is -0.426 e. The van der Waals surface area contributed by atoms with Gasteiger partial charge in [-0.15, -0.1) is 23.2 Å². The lowest BCUT2D eigenvalue weighted by Gasteiger charge is -2.34. The molecular formula is C31H26Cl6N2O5. The molecule has 0 spiro atoms. The monoisotopic (exact) mass is 716 g/mol. The van der Waals surface area contributed by atoms with Crippen LogP contribution in [0.15, 0.2) is 46.5 Å². The van der Waals surface area contributed by atoms with Gasteiger partial charge in [-0.05, 0) is 54.7 Å². The highest BCUT2D eigenvalue weighted by Crippen LogP contribution is 2.77. The van der Waals surface area contributed by atoms with Gasteiger partial charge in [0.25, 0.3) is 0 Å². The van der Waals surface area contributed by atoms with E-state index in [0.717, 1.165) is 34.6 Å². The molecule has 2 heterocycles. The molecule has 2 aromatic rings. The highest BCUT2D eigenvalue weighted by Gasteiger charge is 2.87. The number of esters is 1. The molecule has 2 saturated heterocycles. The van der Waals surface area contributed by atoms with E-state index in [1.165, 1.54) is 18.2 Å². The molecule has 0 N–H and O–H groups in total. The topological polar surface area (TPSA) is 84.0 Å². The van der Waals surface area contributed by atoms with Crippen molar-refractivity contribution in [3.63, 3.8) is 0 Å². The van der Waals surface area contributed by atoms with Gasteiger partial charge in [0, 0.05) is 18.7 Å². The van der Waals surface area contributed by atoms with E-state index in [1.807, 2.05) is 32.0 Å². The van der Waals surface area contributed by atoms with Gasteiger partial charge >= 0.3 is 5.97 Å². The van der Waals surface area contributed by atoms with Gasteiger partial charge in [-0.2, -0.15) is 0 Å². The number of carbonyl (C=O) groups is 4. The first kappa shape index (κ1) is 32.0. The molecule has 13 heteroatoms. The fraction of sp³-hybridized carbons (Fsp3) is 0.419. The molecule has 6 rings (SSSR count). The van der Waals surface area contributed by atoms with Gasteiger partial charge < -0.3 is 9.64 Å². The van der Waals surface area contributed by atoms with E-state index in [4.69, 9.17) is 74.3 Å². The highest BCUT2D eigenvalue weighted by molar-refractivity contribution is 6.67. The summed E-state index contributed by atoms with van der Waals surface area (Å²) < 4.78 is 3.65. The van der Waals surface area contributed by atoms with Gasteiger partial charge in [0.2, 0.25) is 17.7 Å². The van der Waals surface area contributed by atoms with Crippen LogP contribution in [0.5, 0.6) is 5.75 Å². The predicted molar refractivity (Wildman–Crippen MR) is 172 cm³/mol. The molecule has 3 fully saturated rings. The number of halogens is 6. The summed E-state index contributed by atoms with van der Waals surface area (Å²) in [5, 5.41) is -0.339. The molecule has 44 heavy (non-hydrogen) atoms. The molecule has 2 bridgehead atoms. The van der Waals surface area contributed by atoms with Crippen molar-refractivity contribution in [3.05, 3.63) is 63.2 Å². The van der Waals surface area contributed by atoms with Gasteiger partial charge in [-0.1, -0.05) is 78.5 Å². The zero-order chi connectivity index (χ0) is 32.1. The summed E-state index contributed by atoms with van der Waals surface area (Å²) >= 11 is 39.5. The normalized spacial score (nSPS) is 30.6. The maximum absolute atomic E-state index is 13.7. The minimum atomic E-state index is -2.02. The van der Waals surface area contributed by atoms with Gasteiger partial charge in [0.05, 0.1) is 33.5 Å². The lowest BCUT2D eigenvalue weighted by atomic mass is 9.84. The zero-order valence-corrected chi connectivity index (χ0v) is 28.3. The molecule has 5 atom stereocenters. The summed E-state index contributed by atoms with van der Waals surface area (Å²) in [7, 11) is 0. The first-order chi connectivity index (χ1) is 20.7. The molecule has 1 saturated carbocycles. The van der Waals surface area contributed by atoms with Crippen molar-refractivity contribution < 1.29 is 23.9 Å². The summed E-state index contributed by atoms with van der Waals surface area (Å²) in [6, 6.07) is 10.5. The van der Waals surface area contributed by atoms with Crippen LogP contribution >= 0.6 is 69.6 Å². The van der Waals surface area contributed by atoms with Gasteiger partial charge in [-0.3, -0.25) is 19.2 Å². The maximum Gasteiger partial charge on any atom is 0.316 e. The number of ether oxygens (including phenoxy) is 1. The standard InChI is InChI=1S/C31H26Cl6N2O5/c1-4-15-7-6-8-16(5-2)23(15)38-13-17(12-20(38)40)28(43)44-18-9-10-19(14(3)11-18)39-26(41)21-22(27(39)42)30(35)25(33)24(32)29(21,34)31(30,36)37/h6-11,17,21-22H,4-5,12-13H2,1-3H3/t17-,21+,22+,29-,30-/m1/s1. The smallest absolute Gasteiger partial charge is 0.316 e. The van der Waals surface area contributed by atoms with E-state index in [-0.39, 0.29) is 40.4 Å². The van der Waals surface area contributed by atoms with E-state index in [1.54, 1.807) is 11.8 Å². The Labute approximate surface area is 284 Å². The molecule has 232 valence electrons. The third-order valence-corrected chi connectivity index (χ3v) is 13.5. The molecule has 2 aromatic carbocycles. The Morgan fingerprint density at radius 1 is 0.909 bits per heavy atom. The van der Waals surface area contributed by atoms with Crippen LogP contribution in [0, 0.1) is 24.7 Å². The minimum absolute atomic E-state index is 0.0266. The Morgan fingerprint density at radius 3 is 1.95 bits per heavy atom. The van der Waals surface area contributed by atoms with Crippen molar-refractivity contribution in [2.45, 2.75) is 54.1 Å². The lowest BCUT2D eigenvalue weighted by Crippen LogP contribution is -2.50. The third-order valence-electron chi connectivity index (χ3n) is 9.23. The van der Waals surface area contributed by atoms with Crippen LogP contribution in [0.1, 0.15) is 37.0 Å². The quantitative estimate of drug-likeness (QED) is 0.139. The summed E-state index contributed by atoms with van der Waals surface area (Å²) in [5.74, 6) is -5.04. The lowest BCUT2D eigenvalue weighted by molar-refractivity contribution is -0.139. The van der Waals surface area contributed by atoms with Gasteiger partial charge in [-0.25, -0.2) is 4.90 Å². The molecular weight excluding hydrogens is 693 g/mol. The van der Waals surface area contributed by atoms with Crippen molar-refractivity contribution >= 4 is 105 Å². The number of benzene rings is 2. The van der Waals surface area contributed by atoms with Crippen LogP contribution in [-0.4, -0.2) is 44.3 Å². The van der Waals surface area contributed by atoms with E-state index in [2.05, 4.69) is 0 Å². The van der Waals surface area contributed by atoms with Crippen LogP contribution in [0.4, 0.5) is 11.4 Å². The Bertz CT molecular complexity index is 1620. The van der Waals surface area contributed by atoms with Crippen molar-refractivity contribution in [3.8, 4) is 5.75 Å². The van der Waals surface area contributed by atoms with E-state index in [0.29, 0.717) is 5.56 Å². The number of fused-ring (bicyclic) bond motifs is 5. The Kier molecular flexibility index (Phi) is 7.83. The maximum atomic E-state index is 13.7. The van der Waals surface area contributed by atoms with Crippen molar-refractivity contribution in [2.75, 3.05) is 16.3 Å². The van der Waals surface area contributed by atoms with Crippen LogP contribution in [0.2, 0.25) is 0 Å². The number of amides is 3. The number of para-hydroxylation sites is 1. The van der Waals surface area contributed by atoms with E-state index in [9.17, 15) is 19.2 Å². The summed E-state index contributed by atoms with van der Waals surface area (Å²) in [6.45, 7) is 5.92. The number of hydrogen-bond donors (Lipinski definition) is 0. The number of hydrogen-bond acceptors (Lipinski definition) is 5. The molecule has 2 aliphatic carbocycles. The number of carbonyl (C=O) groups excluding carboxylic acids is 4. The molecule has 4 aliphatic rings. The molecule has 3 amide bonds. The largest absolute Gasteiger partial charge is 0.426 e. The SMILES string of the molecule is CCc1cccc(CC)c1N1C[C@H](C(=O)Oc2ccc(N3C(=O)[C@@H]4[C@@H](C3=O)[C@@]3(Cl)C(Cl)=C(Cl)[C@@]4(Cl)C3(Cl)Cl)c(C)c2)CC1=O. The van der Waals surface area contributed by atoms with Crippen molar-refractivity contribution in [1.82, 2.24) is 0 Å². The van der Waals surface area contributed by atoms with Crippen LogP contribution in [-0.2, 0) is 32.0 Å². The van der Waals surface area contributed by atoms with Crippen LogP contribution in [0.3, 0.4) is 0 Å². The number of anilines is 2. The second-order valence-electron chi connectivity index (χ2n) is 11.5. The summed E-state index contributed by atoms with van der Waals surface area (Å²) in [4.78, 5) is 52.5. The number of aryl methyl sites for hydroxylation is 3. The average Bonchev–Trinajstić information content (AvgIpc) is 3.57. The zero-order valence-electron chi connectivity index (χ0n) is 23.7. The molecule has 0 radical (unpaired) electrons. The second-order valence-corrected chi connectivity index (χ2v) is 14.8. The second kappa shape index (κ2) is 10.8. The third kappa shape index (κ3) is 4.02. The van der Waals surface area contributed by atoms with Crippen LogP contribution < -0.4 is 14.5 Å². The molecule has 0 aromatic heterocycles.